The van der Waals surface area contributed by atoms with Gasteiger partial charge in [0.1, 0.15) is 17.2 Å². The van der Waals surface area contributed by atoms with Crippen LogP contribution < -0.4 is 19.4 Å². The summed E-state index contributed by atoms with van der Waals surface area (Å²) in [6, 6.07) is 3.57. The van der Waals surface area contributed by atoms with Crippen molar-refractivity contribution in [1.82, 2.24) is 0 Å². The fourth-order valence-corrected chi connectivity index (χ4v) is 1.35. The molecule has 1 aromatic rings. The quantitative estimate of drug-likeness (QED) is 0.658. The van der Waals surface area contributed by atoms with E-state index in [1.54, 1.807) is 33.5 Å². The van der Waals surface area contributed by atoms with Gasteiger partial charge in [0.15, 0.2) is 0 Å². The summed E-state index contributed by atoms with van der Waals surface area (Å²) in [5.74, 6) is 2.08. The minimum atomic E-state index is 0.688. The lowest BCUT2D eigenvalue weighted by Crippen LogP contribution is -2.11. The molecule has 0 bridgehead atoms. The maximum Gasteiger partial charge on any atom is 0.126 e. The molecule has 0 fully saturated rings. The van der Waals surface area contributed by atoms with Gasteiger partial charge in [-0.3, -0.25) is 0 Å². The number of methoxy groups -OCH3 is 3. The Bertz CT molecular complexity index is 274. The largest absolute Gasteiger partial charge is 0.497 e. The molecule has 1 rings (SSSR count). The van der Waals surface area contributed by atoms with Crippen molar-refractivity contribution in [2.75, 3.05) is 21.3 Å². The van der Waals surface area contributed by atoms with Crippen LogP contribution in [0.25, 0.3) is 0 Å². The topological polar surface area (TPSA) is 27.7 Å². The average molecular weight is 195 g/mol. The van der Waals surface area contributed by atoms with Gasteiger partial charge in [0.05, 0.1) is 31.6 Å². The molecule has 3 nitrogen and oxygen atoms in total. The molecule has 0 unspecified atom stereocenters. The van der Waals surface area contributed by atoms with Crippen LogP contribution in [0.1, 0.15) is 0 Å². The lowest BCUT2D eigenvalue weighted by molar-refractivity contribution is 0.380. The summed E-state index contributed by atoms with van der Waals surface area (Å²) in [5.41, 5.74) is 0. The van der Waals surface area contributed by atoms with Crippen LogP contribution in [0.2, 0.25) is 0 Å². The Morgan fingerprint density at radius 2 is 1.38 bits per heavy atom. The molecule has 0 saturated carbocycles. The summed E-state index contributed by atoms with van der Waals surface area (Å²) in [7, 11) is 8.20. The summed E-state index contributed by atoms with van der Waals surface area (Å²) in [6.07, 6.45) is 0. The van der Waals surface area contributed by atoms with Crippen LogP contribution in [-0.4, -0.2) is 31.6 Å². The zero-order valence-electron chi connectivity index (χ0n) is 7.88. The van der Waals surface area contributed by atoms with Gasteiger partial charge >= 0.3 is 0 Å². The molecular weight excluding hydrogens is 184 g/mol. The predicted octanol–water partition coefficient (Wildman–Crippen LogP) is 0.506. The van der Waals surface area contributed by atoms with E-state index in [-0.39, 0.29) is 0 Å². The Morgan fingerprint density at radius 3 is 1.69 bits per heavy atom. The summed E-state index contributed by atoms with van der Waals surface area (Å²) >= 11 is 0. The third-order valence-electron chi connectivity index (χ3n) is 1.72. The molecule has 0 aliphatic rings. The van der Waals surface area contributed by atoms with Crippen molar-refractivity contribution in [3.8, 4) is 17.2 Å². The first-order valence-electron chi connectivity index (χ1n) is 3.74. The summed E-state index contributed by atoms with van der Waals surface area (Å²) in [4.78, 5) is 0. The SMILES string of the molecule is COc1cc(OC)c([Si])c(OC)c1. The Morgan fingerprint density at radius 1 is 0.923 bits per heavy atom. The van der Waals surface area contributed by atoms with Gasteiger partial charge < -0.3 is 14.2 Å². The van der Waals surface area contributed by atoms with Gasteiger partial charge in [-0.25, -0.2) is 0 Å². The molecule has 0 saturated heterocycles. The Balaban J connectivity index is 3.20. The van der Waals surface area contributed by atoms with Gasteiger partial charge in [0.25, 0.3) is 0 Å². The van der Waals surface area contributed by atoms with Crippen molar-refractivity contribution >= 4 is 15.4 Å². The normalized spacial score (nSPS) is 9.54. The molecular formula is C9H11O3Si. The maximum atomic E-state index is 5.12. The van der Waals surface area contributed by atoms with Crippen molar-refractivity contribution in [3.63, 3.8) is 0 Å². The first-order valence-corrected chi connectivity index (χ1v) is 4.24. The standard InChI is InChI=1S/C9H11O3Si/c1-10-6-4-7(11-2)9(13)8(5-6)12-3/h4-5H,1-3H3. The Labute approximate surface area is 81.0 Å². The van der Waals surface area contributed by atoms with Gasteiger partial charge in [0, 0.05) is 17.3 Å². The van der Waals surface area contributed by atoms with Crippen LogP contribution in [0.15, 0.2) is 12.1 Å². The van der Waals surface area contributed by atoms with Crippen LogP contribution in [0, 0.1) is 0 Å². The van der Waals surface area contributed by atoms with Crippen LogP contribution in [0.4, 0.5) is 0 Å². The highest BCUT2D eigenvalue weighted by atomic mass is 28.1. The molecule has 0 aliphatic heterocycles. The number of ether oxygens (including phenoxy) is 3. The molecule has 4 heteroatoms. The molecule has 0 amide bonds. The van der Waals surface area contributed by atoms with Crippen molar-refractivity contribution in [1.29, 1.82) is 0 Å². The number of benzene rings is 1. The van der Waals surface area contributed by atoms with Gasteiger partial charge in [-0.05, 0) is 0 Å². The van der Waals surface area contributed by atoms with Gasteiger partial charge in [-0.1, -0.05) is 0 Å². The maximum absolute atomic E-state index is 5.12. The average Bonchev–Trinajstić information content (AvgIpc) is 2.18. The third kappa shape index (κ3) is 1.95. The van der Waals surface area contributed by atoms with Gasteiger partial charge in [-0.15, -0.1) is 0 Å². The first-order chi connectivity index (χ1) is 6.22. The Hall–Kier alpha value is -1.16. The third-order valence-corrected chi connectivity index (χ3v) is 2.21. The predicted molar refractivity (Wildman–Crippen MR) is 51.5 cm³/mol. The molecule has 0 spiro atoms. The van der Waals surface area contributed by atoms with E-state index in [0.717, 1.165) is 5.19 Å². The fourth-order valence-electron chi connectivity index (χ4n) is 1.01. The van der Waals surface area contributed by atoms with E-state index in [4.69, 9.17) is 14.2 Å². The number of hydrogen-bond acceptors (Lipinski definition) is 3. The molecule has 69 valence electrons. The highest BCUT2D eigenvalue weighted by Crippen LogP contribution is 2.23. The van der Waals surface area contributed by atoms with Crippen molar-refractivity contribution in [2.24, 2.45) is 0 Å². The van der Waals surface area contributed by atoms with Crippen molar-refractivity contribution in [3.05, 3.63) is 12.1 Å². The van der Waals surface area contributed by atoms with E-state index in [1.165, 1.54) is 0 Å². The highest BCUT2D eigenvalue weighted by Gasteiger charge is 2.07. The zero-order valence-corrected chi connectivity index (χ0v) is 8.88. The van der Waals surface area contributed by atoms with Gasteiger partial charge in [0.2, 0.25) is 0 Å². The molecule has 1 aromatic carbocycles. The first kappa shape index (κ1) is 9.92. The van der Waals surface area contributed by atoms with Crippen molar-refractivity contribution < 1.29 is 14.2 Å². The lowest BCUT2D eigenvalue weighted by Gasteiger charge is -2.11. The zero-order chi connectivity index (χ0) is 9.84. The van der Waals surface area contributed by atoms with E-state index in [9.17, 15) is 0 Å². The van der Waals surface area contributed by atoms with E-state index >= 15 is 0 Å². The molecule has 0 N–H and O–H groups in total. The molecule has 0 aromatic heterocycles. The minimum Gasteiger partial charge on any atom is -0.497 e. The van der Waals surface area contributed by atoms with Crippen LogP contribution in [0.5, 0.6) is 17.2 Å². The van der Waals surface area contributed by atoms with Gasteiger partial charge in [-0.2, -0.15) is 0 Å². The van der Waals surface area contributed by atoms with Crippen LogP contribution in [0.3, 0.4) is 0 Å². The smallest absolute Gasteiger partial charge is 0.126 e. The van der Waals surface area contributed by atoms with Crippen LogP contribution in [-0.2, 0) is 0 Å². The van der Waals surface area contributed by atoms with E-state index in [0.29, 0.717) is 17.2 Å². The number of rotatable bonds is 3. The lowest BCUT2D eigenvalue weighted by atomic mass is 10.3. The second-order valence-electron chi connectivity index (χ2n) is 2.41. The molecule has 13 heavy (non-hydrogen) atoms. The number of hydrogen-bond donors (Lipinski definition) is 0. The van der Waals surface area contributed by atoms with E-state index in [2.05, 4.69) is 10.2 Å². The summed E-state index contributed by atoms with van der Waals surface area (Å²) in [6.45, 7) is 0. The van der Waals surface area contributed by atoms with E-state index < -0.39 is 0 Å². The summed E-state index contributed by atoms with van der Waals surface area (Å²) in [5, 5.41) is 0.783. The van der Waals surface area contributed by atoms with Crippen molar-refractivity contribution in [2.45, 2.75) is 0 Å². The molecule has 0 aliphatic carbocycles. The minimum absolute atomic E-state index is 0.688. The molecule has 3 radical (unpaired) electrons. The fraction of sp³-hybridized carbons (Fsp3) is 0.333. The monoisotopic (exact) mass is 195 g/mol. The second-order valence-corrected chi connectivity index (χ2v) is 2.91. The van der Waals surface area contributed by atoms with E-state index in [1.807, 2.05) is 0 Å². The second kappa shape index (κ2) is 4.18. The molecule has 0 heterocycles. The highest BCUT2D eigenvalue weighted by molar-refractivity contribution is 6.36. The molecule has 0 atom stereocenters. The summed E-state index contributed by atoms with van der Waals surface area (Å²) < 4.78 is 15.3. The van der Waals surface area contributed by atoms with Crippen LogP contribution >= 0.6 is 0 Å². The Kier molecular flexibility index (Phi) is 3.19.